The summed E-state index contributed by atoms with van der Waals surface area (Å²) in [7, 11) is 0. The third-order valence-electron chi connectivity index (χ3n) is 4.47. The van der Waals surface area contributed by atoms with Crippen molar-refractivity contribution in [2.45, 2.75) is 38.0 Å². The van der Waals surface area contributed by atoms with E-state index in [1.165, 1.54) is 10.7 Å². The molecule has 2 N–H and O–H groups in total. The average molecular weight is 303 g/mol. The van der Waals surface area contributed by atoms with Crippen LogP contribution in [0.4, 0.5) is 0 Å². The molecule has 0 radical (unpaired) electrons. The van der Waals surface area contributed by atoms with Crippen LogP contribution in [0.1, 0.15) is 11.9 Å². The van der Waals surface area contributed by atoms with Crippen molar-refractivity contribution in [3.63, 3.8) is 0 Å². The molecular formula is C13H13N5O4. The first kappa shape index (κ1) is 12.3. The molecule has 114 valence electrons. The van der Waals surface area contributed by atoms with Gasteiger partial charge in [-0.3, -0.25) is 13.9 Å². The molecule has 0 unspecified atom stereocenters. The highest BCUT2D eigenvalue weighted by Crippen LogP contribution is 2.35. The second kappa shape index (κ2) is 3.75. The van der Waals surface area contributed by atoms with Crippen LogP contribution in [0.15, 0.2) is 17.3 Å². The predicted molar refractivity (Wildman–Crippen MR) is 73.4 cm³/mol. The van der Waals surface area contributed by atoms with Crippen LogP contribution in [0, 0.1) is 6.92 Å². The fraction of sp³-hybridized carbons (Fsp3) is 0.462. The van der Waals surface area contributed by atoms with Crippen molar-refractivity contribution in [2.24, 2.45) is 0 Å². The van der Waals surface area contributed by atoms with E-state index in [-0.39, 0.29) is 12.1 Å². The molecule has 3 aromatic heterocycles. The number of rotatable bonds is 0. The molecule has 2 aliphatic heterocycles. The molecule has 0 amide bonds. The van der Waals surface area contributed by atoms with E-state index in [2.05, 4.69) is 9.97 Å². The van der Waals surface area contributed by atoms with Crippen molar-refractivity contribution >= 4 is 16.9 Å². The monoisotopic (exact) mass is 303 g/mol. The minimum atomic E-state index is -1.05. The number of hydrogen-bond donors (Lipinski definition) is 2. The van der Waals surface area contributed by atoms with E-state index in [1.54, 1.807) is 10.8 Å². The largest absolute Gasteiger partial charge is 0.387 e. The summed E-state index contributed by atoms with van der Waals surface area (Å²) in [6.07, 6.45) is -0.240. The Labute approximate surface area is 123 Å². The molecule has 4 atom stereocenters. The van der Waals surface area contributed by atoms with E-state index in [4.69, 9.17) is 4.74 Å². The SMILES string of the molecule is Cc1cn2c(=O)c3ncn4c3n(c2n1)C[C@H]1O[C@@H]4[C@H](O)[C@@H]1O. The molecule has 0 aromatic carbocycles. The van der Waals surface area contributed by atoms with Gasteiger partial charge in [0, 0.05) is 6.20 Å². The number of imidazole rings is 2. The molecule has 9 nitrogen and oxygen atoms in total. The van der Waals surface area contributed by atoms with Gasteiger partial charge in [-0.1, -0.05) is 0 Å². The molecule has 9 heteroatoms. The molecule has 5 heterocycles. The van der Waals surface area contributed by atoms with E-state index in [9.17, 15) is 15.0 Å². The maximum absolute atomic E-state index is 12.6. The van der Waals surface area contributed by atoms with E-state index < -0.39 is 24.5 Å². The van der Waals surface area contributed by atoms with Crippen molar-refractivity contribution < 1.29 is 14.9 Å². The first-order valence-corrected chi connectivity index (χ1v) is 7.03. The standard InChI is InChI=1S/C13H13N5O4/c1-5-2-17-11(21)7-10-16(13(17)15-5)3-6-8(19)9(20)12(22-6)18(10)4-14-7/h2,4,6,8-9,12,19-20H,3H2,1H3/t6-,8-,9-,12-/m1/s1. The molecule has 5 rings (SSSR count). The fourth-order valence-corrected chi connectivity index (χ4v) is 3.45. The highest BCUT2D eigenvalue weighted by molar-refractivity contribution is 5.73. The Hall–Kier alpha value is -2.23. The summed E-state index contributed by atoms with van der Waals surface area (Å²) < 4.78 is 10.6. The number of nitrogens with zero attached hydrogens (tertiary/aromatic N) is 5. The summed E-state index contributed by atoms with van der Waals surface area (Å²) in [6.45, 7) is 2.10. The summed E-state index contributed by atoms with van der Waals surface area (Å²) >= 11 is 0. The van der Waals surface area contributed by atoms with Crippen LogP contribution >= 0.6 is 0 Å². The molecule has 22 heavy (non-hydrogen) atoms. The van der Waals surface area contributed by atoms with Gasteiger partial charge in [0.25, 0.3) is 5.56 Å². The minimum Gasteiger partial charge on any atom is -0.387 e. The van der Waals surface area contributed by atoms with Crippen LogP contribution in [0.3, 0.4) is 0 Å². The number of aryl methyl sites for hydroxylation is 1. The van der Waals surface area contributed by atoms with Crippen LogP contribution in [0.2, 0.25) is 0 Å². The smallest absolute Gasteiger partial charge is 0.287 e. The van der Waals surface area contributed by atoms with Gasteiger partial charge in [0.2, 0.25) is 5.78 Å². The summed E-state index contributed by atoms with van der Waals surface area (Å²) in [5, 5.41) is 20.3. The van der Waals surface area contributed by atoms with Gasteiger partial charge >= 0.3 is 0 Å². The highest BCUT2D eigenvalue weighted by atomic mass is 16.6. The maximum Gasteiger partial charge on any atom is 0.287 e. The lowest BCUT2D eigenvalue weighted by Crippen LogP contribution is -2.36. The minimum absolute atomic E-state index is 0.256. The van der Waals surface area contributed by atoms with Gasteiger partial charge in [0.05, 0.1) is 18.6 Å². The lowest BCUT2D eigenvalue weighted by Gasteiger charge is -2.20. The summed E-state index contributed by atoms with van der Waals surface area (Å²) in [6, 6.07) is 0. The Bertz CT molecular complexity index is 986. The van der Waals surface area contributed by atoms with Gasteiger partial charge in [0.1, 0.15) is 18.3 Å². The molecule has 2 aliphatic rings. The average Bonchev–Trinajstić information content (AvgIpc) is 3.12. The molecule has 2 bridgehead atoms. The number of ether oxygens (including phenoxy) is 1. The second-order valence-electron chi connectivity index (χ2n) is 5.84. The quantitative estimate of drug-likeness (QED) is 0.539. The number of aliphatic hydroxyl groups excluding tert-OH is 2. The van der Waals surface area contributed by atoms with Crippen molar-refractivity contribution in [1.29, 1.82) is 0 Å². The van der Waals surface area contributed by atoms with Crippen molar-refractivity contribution in [2.75, 3.05) is 0 Å². The molecule has 0 saturated carbocycles. The Morgan fingerprint density at radius 3 is 3.00 bits per heavy atom. The van der Waals surface area contributed by atoms with Gasteiger partial charge in [-0.05, 0) is 6.92 Å². The summed E-state index contributed by atoms with van der Waals surface area (Å²) in [4.78, 5) is 21.1. The number of fused-ring (bicyclic) bond motifs is 5. The van der Waals surface area contributed by atoms with Gasteiger partial charge in [-0.25, -0.2) is 14.4 Å². The van der Waals surface area contributed by atoms with E-state index >= 15 is 0 Å². The fourth-order valence-electron chi connectivity index (χ4n) is 3.45. The van der Waals surface area contributed by atoms with Crippen molar-refractivity contribution in [1.82, 2.24) is 23.5 Å². The molecule has 0 spiro atoms. The third kappa shape index (κ3) is 1.27. The Kier molecular flexibility index (Phi) is 2.10. The summed E-state index contributed by atoms with van der Waals surface area (Å²) in [5.41, 5.74) is 1.31. The van der Waals surface area contributed by atoms with Crippen LogP contribution in [-0.2, 0) is 11.3 Å². The van der Waals surface area contributed by atoms with Crippen molar-refractivity contribution in [3.8, 4) is 0 Å². The normalized spacial score (nSPS) is 30.3. The Morgan fingerprint density at radius 2 is 2.18 bits per heavy atom. The van der Waals surface area contributed by atoms with Crippen LogP contribution in [0.25, 0.3) is 16.9 Å². The zero-order chi connectivity index (χ0) is 15.2. The highest BCUT2D eigenvalue weighted by Gasteiger charge is 2.46. The zero-order valence-electron chi connectivity index (χ0n) is 11.6. The number of aliphatic hydroxyl groups is 2. The number of aromatic nitrogens is 5. The van der Waals surface area contributed by atoms with Gasteiger partial charge in [-0.2, -0.15) is 0 Å². The Morgan fingerprint density at radius 1 is 1.36 bits per heavy atom. The lowest BCUT2D eigenvalue weighted by molar-refractivity contribution is -0.0329. The topological polar surface area (TPSA) is 107 Å². The van der Waals surface area contributed by atoms with Gasteiger partial charge < -0.3 is 14.9 Å². The van der Waals surface area contributed by atoms with Crippen molar-refractivity contribution in [3.05, 3.63) is 28.6 Å². The maximum atomic E-state index is 12.6. The first-order chi connectivity index (χ1) is 10.6. The van der Waals surface area contributed by atoms with Crippen LogP contribution in [0.5, 0.6) is 0 Å². The predicted octanol–water partition coefficient (Wildman–Crippen LogP) is -1.21. The van der Waals surface area contributed by atoms with Crippen LogP contribution in [-0.4, -0.2) is 52.0 Å². The van der Waals surface area contributed by atoms with E-state index in [0.29, 0.717) is 16.9 Å². The van der Waals surface area contributed by atoms with Gasteiger partial charge in [0.15, 0.2) is 17.4 Å². The van der Waals surface area contributed by atoms with E-state index in [0.717, 1.165) is 5.69 Å². The summed E-state index contributed by atoms with van der Waals surface area (Å²) in [5.74, 6) is 0.481. The van der Waals surface area contributed by atoms with E-state index in [1.807, 2.05) is 11.5 Å². The Balaban J connectivity index is 1.97. The number of hydrogen-bond acceptors (Lipinski definition) is 6. The first-order valence-electron chi connectivity index (χ1n) is 7.03. The molecule has 1 saturated heterocycles. The molecular weight excluding hydrogens is 290 g/mol. The second-order valence-corrected chi connectivity index (χ2v) is 5.84. The third-order valence-corrected chi connectivity index (χ3v) is 4.47. The zero-order valence-corrected chi connectivity index (χ0v) is 11.6. The molecule has 1 fully saturated rings. The van der Waals surface area contributed by atoms with Crippen LogP contribution < -0.4 is 5.56 Å². The molecule has 0 aliphatic carbocycles. The van der Waals surface area contributed by atoms with Gasteiger partial charge in [-0.15, -0.1) is 0 Å². The lowest BCUT2D eigenvalue weighted by atomic mass is 10.1. The molecule has 3 aromatic rings.